The van der Waals surface area contributed by atoms with Crippen LogP contribution >= 0.6 is 0 Å². The number of carbonyl (C=O) groups is 2. The number of hydrogen-bond donors (Lipinski definition) is 3. The van der Waals surface area contributed by atoms with Gasteiger partial charge in [-0.3, -0.25) is 16.0 Å². The number of nitrogens with one attached hydrogen (secondary N) is 3. The van der Waals surface area contributed by atoms with Gasteiger partial charge < -0.3 is 9.47 Å². The molecule has 7 heteroatoms. The van der Waals surface area contributed by atoms with E-state index in [1.165, 1.54) is 0 Å². The lowest BCUT2D eigenvalue weighted by molar-refractivity contribution is 0.154. The molecule has 2 amide bonds. The molecule has 0 unspecified atom stereocenters. The van der Waals surface area contributed by atoms with E-state index in [1.54, 1.807) is 13.8 Å². The summed E-state index contributed by atoms with van der Waals surface area (Å²) in [4.78, 5) is 21.5. The van der Waals surface area contributed by atoms with Crippen LogP contribution in [0.2, 0.25) is 0 Å². The smallest absolute Gasteiger partial charge is 0.413 e. The Balaban J connectivity index is 3.75. The summed E-state index contributed by atoms with van der Waals surface area (Å²) in [6, 6.07) is 0. The van der Waals surface area contributed by atoms with Crippen LogP contribution in [0.15, 0.2) is 0 Å². The van der Waals surface area contributed by atoms with Crippen LogP contribution in [0.3, 0.4) is 0 Å². The molecule has 0 aromatic rings. The number of carbonyl (C=O) groups excluding carboxylic acids is 2. The maximum atomic E-state index is 10.7. The molecular weight excluding hydrogens is 190 g/mol. The van der Waals surface area contributed by atoms with Gasteiger partial charge in [-0.25, -0.2) is 9.59 Å². The average Bonchev–Trinajstić information content (AvgIpc) is 2.03. The van der Waals surface area contributed by atoms with Crippen molar-refractivity contribution in [3.05, 3.63) is 0 Å². The molecule has 0 atom stereocenters. The third kappa shape index (κ3) is 5.81. The summed E-state index contributed by atoms with van der Waals surface area (Å²) in [5, 5.41) is 11.0. The van der Waals surface area contributed by atoms with Crippen LogP contribution in [0, 0.1) is 5.41 Å². The molecule has 0 saturated carbocycles. The Morgan fingerprint density at radius 3 is 1.71 bits per heavy atom. The molecule has 0 aliphatic rings. The number of guanidine groups is 1. The molecule has 7 nitrogen and oxygen atoms in total. The van der Waals surface area contributed by atoms with E-state index in [1.807, 2.05) is 10.6 Å². The van der Waals surface area contributed by atoms with E-state index in [9.17, 15) is 9.59 Å². The normalized spacial score (nSPS) is 8.71. The fourth-order valence-electron chi connectivity index (χ4n) is 0.570. The second-order valence-corrected chi connectivity index (χ2v) is 2.07. The molecule has 0 radical (unpaired) electrons. The quantitative estimate of drug-likeness (QED) is 0.447. The van der Waals surface area contributed by atoms with E-state index in [0.29, 0.717) is 0 Å². The second-order valence-electron chi connectivity index (χ2n) is 2.07. The molecule has 0 aromatic carbocycles. The van der Waals surface area contributed by atoms with Gasteiger partial charge in [0.1, 0.15) is 0 Å². The summed E-state index contributed by atoms with van der Waals surface area (Å²) in [7, 11) is 0. The van der Waals surface area contributed by atoms with Crippen LogP contribution in [0.25, 0.3) is 0 Å². The van der Waals surface area contributed by atoms with Crippen molar-refractivity contribution in [2.75, 3.05) is 13.2 Å². The highest BCUT2D eigenvalue weighted by atomic mass is 16.6. The van der Waals surface area contributed by atoms with E-state index in [0.717, 1.165) is 0 Å². The lowest BCUT2D eigenvalue weighted by Crippen LogP contribution is -2.43. The summed E-state index contributed by atoms with van der Waals surface area (Å²) in [5.74, 6) is -0.484. The summed E-state index contributed by atoms with van der Waals surface area (Å²) < 4.78 is 8.94. The zero-order valence-electron chi connectivity index (χ0n) is 8.05. The van der Waals surface area contributed by atoms with Gasteiger partial charge in [0.25, 0.3) is 0 Å². The first-order valence-corrected chi connectivity index (χ1v) is 4.06. The lowest BCUT2D eigenvalue weighted by atomic mass is 10.8. The molecule has 0 saturated heterocycles. The van der Waals surface area contributed by atoms with Gasteiger partial charge in [0.05, 0.1) is 13.2 Å². The Hall–Kier alpha value is -1.79. The third-order valence-corrected chi connectivity index (χ3v) is 1.00. The van der Waals surface area contributed by atoms with Gasteiger partial charge in [0.2, 0.25) is 5.96 Å². The van der Waals surface area contributed by atoms with Crippen molar-refractivity contribution in [3.8, 4) is 0 Å². The standard InChI is InChI=1S/C7H13N3O4/c1-3-13-6(11)9-5(8)10-7(12)14-4-2/h3-4H2,1-2H3,(H3,8,9,10,11,12). The van der Waals surface area contributed by atoms with Crippen LogP contribution in [-0.4, -0.2) is 31.4 Å². The minimum atomic E-state index is -0.797. The highest BCUT2D eigenvalue weighted by Gasteiger charge is 2.08. The van der Waals surface area contributed by atoms with E-state index in [4.69, 9.17) is 5.41 Å². The Morgan fingerprint density at radius 2 is 1.43 bits per heavy atom. The van der Waals surface area contributed by atoms with Crippen LogP contribution in [0.1, 0.15) is 13.8 Å². The average molecular weight is 203 g/mol. The van der Waals surface area contributed by atoms with Gasteiger partial charge >= 0.3 is 12.2 Å². The summed E-state index contributed by atoms with van der Waals surface area (Å²) >= 11 is 0. The highest BCUT2D eigenvalue weighted by molar-refractivity contribution is 5.99. The molecule has 80 valence electrons. The number of alkyl carbamates (subject to hydrolysis) is 2. The summed E-state index contributed by atoms with van der Waals surface area (Å²) in [5.41, 5.74) is 0. The maximum absolute atomic E-state index is 10.7. The van der Waals surface area contributed by atoms with Crippen molar-refractivity contribution in [1.82, 2.24) is 10.6 Å². The number of amides is 2. The molecule has 3 N–H and O–H groups in total. The van der Waals surface area contributed by atoms with Crippen LogP contribution in [0.4, 0.5) is 9.59 Å². The monoisotopic (exact) mass is 203 g/mol. The predicted octanol–water partition coefficient (Wildman–Crippen LogP) is 0.413. The topological polar surface area (TPSA) is 101 Å². The molecule has 0 spiro atoms. The van der Waals surface area contributed by atoms with Crippen LogP contribution < -0.4 is 10.6 Å². The minimum Gasteiger partial charge on any atom is -0.450 e. The summed E-state index contributed by atoms with van der Waals surface area (Å²) in [6.07, 6.45) is -1.59. The van der Waals surface area contributed by atoms with E-state index in [-0.39, 0.29) is 13.2 Å². The van der Waals surface area contributed by atoms with Gasteiger partial charge in [-0.2, -0.15) is 0 Å². The molecule has 0 aromatic heterocycles. The number of rotatable bonds is 2. The molecular formula is C7H13N3O4. The first kappa shape index (κ1) is 12.2. The third-order valence-electron chi connectivity index (χ3n) is 1.00. The van der Waals surface area contributed by atoms with Crippen molar-refractivity contribution >= 4 is 18.1 Å². The molecule has 0 rings (SSSR count). The van der Waals surface area contributed by atoms with E-state index in [2.05, 4.69) is 9.47 Å². The first-order chi connectivity index (χ1) is 6.60. The predicted molar refractivity (Wildman–Crippen MR) is 48.0 cm³/mol. The van der Waals surface area contributed by atoms with Gasteiger partial charge in [0, 0.05) is 0 Å². The van der Waals surface area contributed by atoms with Gasteiger partial charge in [-0.15, -0.1) is 0 Å². The lowest BCUT2D eigenvalue weighted by Gasteiger charge is -2.07. The van der Waals surface area contributed by atoms with Gasteiger partial charge in [-0.1, -0.05) is 0 Å². The van der Waals surface area contributed by atoms with Gasteiger partial charge in [-0.05, 0) is 13.8 Å². The van der Waals surface area contributed by atoms with Crippen LogP contribution in [0.5, 0.6) is 0 Å². The molecule has 0 fully saturated rings. The largest absolute Gasteiger partial charge is 0.450 e. The number of ether oxygens (including phenoxy) is 2. The summed E-state index contributed by atoms with van der Waals surface area (Å²) in [6.45, 7) is 3.64. The van der Waals surface area contributed by atoms with Crippen molar-refractivity contribution in [1.29, 1.82) is 5.41 Å². The molecule has 0 bridgehead atoms. The molecule has 0 heterocycles. The Kier molecular flexibility index (Phi) is 5.84. The maximum Gasteiger partial charge on any atom is 0.413 e. The zero-order valence-corrected chi connectivity index (χ0v) is 8.05. The zero-order chi connectivity index (χ0) is 11.0. The second kappa shape index (κ2) is 6.70. The fraction of sp³-hybridized carbons (Fsp3) is 0.571. The van der Waals surface area contributed by atoms with E-state index >= 15 is 0 Å². The van der Waals surface area contributed by atoms with Crippen molar-refractivity contribution in [3.63, 3.8) is 0 Å². The highest BCUT2D eigenvalue weighted by Crippen LogP contribution is 1.78. The van der Waals surface area contributed by atoms with Crippen molar-refractivity contribution in [2.45, 2.75) is 13.8 Å². The van der Waals surface area contributed by atoms with Crippen LogP contribution in [-0.2, 0) is 9.47 Å². The first-order valence-electron chi connectivity index (χ1n) is 4.06. The Labute approximate surface area is 81.3 Å². The fourth-order valence-corrected chi connectivity index (χ4v) is 0.570. The van der Waals surface area contributed by atoms with Gasteiger partial charge in [0.15, 0.2) is 0 Å². The minimum absolute atomic E-state index is 0.193. The van der Waals surface area contributed by atoms with Crippen molar-refractivity contribution in [2.24, 2.45) is 0 Å². The van der Waals surface area contributed by atoms with Crippen molar-refractivity contribution < 1.29 is 19.1 Å². The Morgan fingerprint density at radius 1 is 1.07 bits per heavy atom. The van der Waals surface area contributed by atoms with E-state index < -0.39 is 18.1 Å². The Bertz CT molecular complexity index is 207. The number of hydrogen-bond acceptors (Lipinski definition) is 5. The molecule has 0 aliphatic carbocycles. The molecule has 14 heavy (non-hydrogen) atoms. The SMILES string of the molecule is CCOC(=O)NC(=N)NC(=O)OCC. The molecule has 0 aliphatic heterocycles.